The summed E-state index contributed by atoms with van der Waals surface area (Å²) >= 11 is 13.5. The summed E-state index contributed by atoms with van der Waals surface area (Å²) in [5.41, 5.74) is 3.09. The Morgan fingerprint density at radius 1 is 1.19 bits per heavy atom. The molecule has 0 aliphatic rings. The van der Waals surface area contributed by atoms with Crippen molar-refractivity contribution in [3.8, 4) is 5.75 Å². The summed E-state index contributed by atoms with van der Waals surface area (Å²) in [6.45, 7) is 3.88. The number of hydrogen-bond acceptors (Lipinski definition) is 1. The molecule has 0 N–H and O–H groups in total. The lowest BCUT2D eigenvalue weighted by Gasteiger charge is -2.20. The van der Waals surface area contributed by atoms with Crippen molar-refractivity contribution < 1.29 is 9.13 Å². The molecule has 0 fully saturated rings. The van der Waals surface area contributed by atoms with Gasteiger partial charge in [0, 0.05) is 20.1 Å². The van der Waals surface area contributed by atoms with Crippen LogP contribution >= 0.6 is 43.5 Å². The summed E-state index contributed by atoms with van der Waals surface area (Å²) in [6, 6.07) is 6.72. The van der Waals surface area contributed by atoms with Crippen LogP contribution in [0.4, 0.5) is 4.39 Å². The lowest BCUT2D eigenvalue weighted by molar-refractivity contribution is 0.406. The lowest BCUT2D eigenvalue weighted by atomic mass is 9.96. The van der Waals surface area contributed by atoms with E-state index in [0.29, 0.717) is 11.3 Å². The van der Waals surface area contributed by atoms with Crippen molar-refractivity contribution in [2.75, 3.05) is 7.11 Å². The normalized spacial score (nSPS) is 12.3. The van der Waals surface area contributed by atoms with E-state index in [2.05, 4.69) is 31.9 Å². The second-order valence-electron chi connectivity index (χ2n) is 4.78. The largest absolute Gasteiger partial charge is 0.496 e. The van der Waals surface area contributed by atoms with Gasteiger partial charge in [-0.25, -0.2) is 4.39 Å². The number of methoxy groups -OCH3 is 1. The van der Waals surface area contributed by atoms with Crippen LogP contribution < -0.4 is 4.74 Å². The quantitative estimate of drug-likeness (QED) is 0.513. The van der Waals surface area contributed by atoms with Crippen LogP contribution in [0.25, 0.3) is 0 Å². The Morgan fingerprint density at radius 2 is 1.86 bits per heavy atom. The zero-order valence-electron chi connectivity index (χ0n) is 11.8. The molecule has 0 amide bonds. The Kier molecular flexibility index (Phi) is 5.33. The smallest absolute Gasteiger partial charge is 0.128 e. The van der Waals surface area contributed by atoms with Gasteiger partial charge in [-0.05, 0) is 49.2 Å². The number of aryl methyl sites for hydroxylation is 1. The first-order chi connectivity index (χ1) is 9.86. The number of alkyl halides is 1. The first-order valence-corrected chi connectivity index (χ1v) is 8.31. The van der Waals surface area contributed by atoms with E-state index >= 15 is 0 Å². The highest BCUT2D eigenvalue weighted by Crippen LogP contribution is 2.43. The Bertz CT molecular complexity index is 688. The van der Waals surface area contributed by atoms with Gasteiger partial charge in [-0.1, -0.05) is 31.9 Å². The highest BCUT2D eigenvalue weighted by atomic mass is 79.9. The topological polar surface area (TPSA) is 9.23 Å². The Labute approximate surface area is 145 Å². The van der Waals surface area contributed by atoms with Gasteiger partial charge in [0.1, 0.15) is 11.6 Å². The lowest BCUT2D eigenvalue weighted by Crippen LogP contribution is -2.05. The van der Waals surface area contributed by atoms with Crippen molar-refractivity contribution >= 4 is 43.5 Å². The van der Waals surface area contributed by atoms with Crippen LogP contribution in [0.3, 0.4) is 0 Å². The van der Waals surface area contributed by atoms with E-state index in [1.807, 2.05) is 19.9 Å². The molecule has 0 aromatic heterocycles. The molecule has 2 aromatic carbocycles. The van der Waals surface area contributed by atoms with Crippen LogP contribution in [0.1, 0.15) is 27.6 Å². The van der Waals surface area contributed by atoms with Crippen molar-refractivity contribution in [2.45, 2.75) is 19.2 Å². The van der Waals surface area contributed by atoms with E-state index < -0.39 is 5.38 Å². The van der Waals surface area contributed by atoms with Gasteiger partial charge >= 0.3 is 0 Å². The van der Waals surface area contributed by atoms with Crippen molar-refractivity contribution in [1.29, 1.82) is 0 Å². The molecule has 112 valence electrons. The van der Waals surface area contributed by atoms with Crippen molar-refractivity contribution in [3.05, 3.63) is 61.3 Å². The van der Waals surface area contributed by atoms with Gasteiger partial charge in [-0.2, -0.15) is 0 Å². The van der Waals surface area contributed by atoms with E-state index in [1.54, 1.807) is 19.2 Å². The fraction of sp³-hybridized carbons (Fsp3) is 0.250. The average molecular weight is 437 g/mol. The van der Waals surface area contributed by atoms with Gasteiger partial charge in [-0.3, -0.25) is 0 Å². The van der Waals surface area contributed by atoms with Gasteiger partial charge in [0.2, 0.25) is 0 Å². The second-order valence-corrected chi connectivity index (χ2v) is 6.98. The van der Waals surface area contributed by atoms with E-state index in [0.717, 1.165) is 25.6 Å². The molecule has 0 aliphatic carbocycles. The summed E-state index contributed by atoms with van der Waals surface area (Å²) in [7, 11) is 1.60. The molecule has 0 aliphatic heterocycles. The molecule has 0 heterocycles. The molecule has 0 radical (unpaired) electrons. The monoisotopic (exact) mass is 434 g/mol. The van der Waals surface area contributed by atoms with E-state index in [1.165, 1.54) is 6.07 Å². The molecular formula is C16H14Br2ClFO. The van der Waals surface area contributed by atoms with Crippen molar-refractivity contribution in [3.63, 3.8) is 0 Å². The molecule has 1 unspecified atom stereocenters. The molecule has 2 rings (SSSR count). The van der Waals surface area contributed by atoms with Gasteiger partial charge in [-0.15, -0.1) is 11.6 Å². The maximum atomic E-state index is 14.1. The molecule has 0 saturated heterocycles. The van der Waals surface area contributed by atoms with Gasteiger partial charge in [0.25, 0.3) is 0 Å². The molecular weight excluding hydrogens is 422 g/mol. The summed E-state index contributed by atoms with van der Waals surface area (Å²) in [5, 5.41) is -0.631. The maximum Gasteiger partial charge on any atom is 0.128 e. The molecule has 2 aromatic rings. The van der Waals surface area contributed by atoms with Crippen LogP contribution in [0, 0.1) is 19.7 Å². The standard InChI is InChI=1S/C16H14Br2ClFO/c1-8-6-12(18)9(2)14(16(8)21-3)15(19)11-7-10(17)4-5-13(11)20/h4-7,15H,1-3H3. The van der Waals surface area contributed by atoms with Crippen molar-refractivity contribution in [2.24, 2.45) is 0 Å². The van der Waals surface area contributed by atoms with E-state index in [4.69, 9.17) is 16.3 Å². The van der Waals surface area contributed by atoms with Crippen LogP contribution in [-0.2, 0) is 0 Å². The third-order valence-corrected chi connectivity index (χ3v) is 5.17. The number of ether oxygens (including phenoxy) is 1. The highest BCUT2D eigenvalue weighted by molar-refractivity contribution is 9.10. The zero-order valence-corrected chi connectivity index (χ0v) is 15.7. The number of rotatable bonds is 3. The first kappa shape index (κ1) is 16.8. The first-order valence-electron chi connectivity index (χ1n) is 6.29. The maximum absolute atomic E-state index is 14.1. The minimum absolute atomic E-state index is 0.336. The van der Waals surface area contributed by atoms with Gasteiger partial charge < -0.3 is 4.74 Å². The van der Waals surface area contributed by atoms with E-state index in [-0.39, 0.29) is 5.82 Å². The summed E-state index contributed by atoms with van der Waals surface area (Å²) in [6.07, 6.45) is 0. The molecule has 5 heteroatoms. The van der Waals surface area contributed by atoms with Gasteiger partial charge in [0.15, 0.2) is 0 Å². The van der Waals surface area contributed by atoms with Gasteiger partial charge in [0.05, 0.1) is 12.5 Å². The zero-order chi connectivity index (χ0) is 15.7. The SMILES string of the molecule is COc1c(C)cc(Br)c(C)c1C(Cl)c1cc(Br)ccc1F. The van der Waals surface area contributed by atoms with Crippen LogP contribution in [0.15, 0.2) is 33.2 Å². The molecule has 0 saturated carbocycles. The van der Waals surface area contributed by atoms with Crippen LogP contribution in [0.5, 0.6) is 5.75 Å². The fourth-order valence-corrected chi connectivity index (χ4v) is 3.68. The fourth-order valence-electron chi connectivity index (χ4n) is 2.32. The summed E-state index contributed by atoms with van der Waals surface area (Å²) in [5.74, 6) is 0.354. The third kappa shape index (κ3) is 3.27. The van der Waals surface area contributed by atoms with Crippen molar-refractivity contribution in [1.82, 2.24) is 0 Å². The highest BCUT2D eigenvalue weighted by Gasteiger charge is 2.24. The Morgan fingerprint density at radius 3 is 2.48 bits per heavy atom. The minimum atomic E-state index is -0.631. The van der Waals surface area contributed by atoms with E-state index in [9.17, 15) is 4.39 Å². The second kappa shape index (κ2) is 6.67. The predicted molar refractivity (Wildman–Crippen MR) is 92.0 cm³/mol. The molecule has 1 nitrogen and oxygen atoms in total. The predicted octanol–water partition coefficient (Wildman–Crippen LogP) is 6.30. The number of halogens is 4. The molecule has 21 heavy (non-hydrogen) atoms. The summed E-state index contributed by atoms with van der Waals surface area (Å²) in [4.78, 5) is 0. The summed E-state index contributed by atoms with van der Waals surface area (Å²) < 4.78 is 21.3. The molecule has 0 spiro atoms. The Balaban J connectivity index is 2.68. The van der Waals surface area contributed by atoms with Crippen LogP contribution in [-0.4, -0.2) is 7.11 Å². The molecule has 0 bridgehead atoms. The third-order valence-electron chi connectivity index (χ3n) is 3.40. The Hall–Kier alpha value is -0.580. The van der Waals surface area contributed by atoms with Crippen LogP contribution in [0.2, 0.25) is 0 Å². The molecule has 1 atom stereocenters. The minimum Gasteiger partial charge on any atom is -0.496 e. The number of hydrogen-bond donors (Lipinski definition) is 0. The number of benzene rings is 2. The average Bonchev–Trinajstić information content (AvgIpc) is 2.44.